The van der Waals surface area contributed by atoms with Crippen molar-refractivity contribution in [1.82, 2.24) is 4.90 Å². The summed E-state index contributed by atoms with van der Waals surface area (Å²) in [4.78, 5) is 13.9. The maximum Gasteiger partial charge on any atom is 0.231 e. The van der Waals surface area contributed by atoms with E-state index in [9.17, 15) is 4.79 Å². The first kappa shape index (κ1) is 9.39. The second-order valence-electron chi connectivity index (χ2n) is 3.18. The molecule has 66 valence electrons. The van der Waals surface area contributed by atoms with E-state index in [1.807, 2.05) is 6.92 Å². The summed E-state index contributed by atoms with van der Waals surface area (Å²) in [6.07, 6.45) is 2.33. The molecule has 1 aliphatic heterocycles. The normalized spacial score (nSPS) is 16.8. The Morgan fingerprint density at radius 2 is 2.42 bits per heavy atom. The van der Waals surface area contributed by atoms with E-state index >= 15 is 0 Å². The van der Waals surface area contributed by atoms with Gasteiger partial charge >= 0.3 is 0 Å². The number of nitrogens with zero attached hydrogens (tertiary/aromatic N) is 1. The van der Waals surface area contributed by atoms with E-state index < -0.39 is 0 Å². The SMILES string of the molecule is C=C(C)CC(=O)N1CCCC1=S. The van der Waals surface area contributed by atoms with Gasteiger partial charge in [0.2, 0.25) is 5.91 Å². The van der Waals surface area contributed by atoms with E-state index in [2.05, 4.69) is 6.58 Å². The van der Waals surface area contributed by atoms with Crippen molar-refractivity contribution in [3.8, 4) is 0 Å². The standard InChI is InChI=1S/C9H13NOS/c1-7(2)6-8(11)10-5-3-4-9(10)12/h1,3-6H2,2H3. The molecule has 0 unspecified atom stereocenters. The minimum absolute atomic E-state index is 0.102. The Bertz CT molecular complexity index is 235. The first-order valence-electron chi connectivity index (χ1n) is 4.09. The van der Waals surface area contributed by atoms with Gasteiger partial charge in [0.1, 0.15) is 0 Å². The molecule has 0 N–H and O–H groups in total. The number of carbonyl (C=O) groups is 1. The molecule has 0 bridgehead atoms. The molecule has 0 radical (unpaired) electrons. The zero-order valence-corrected chi connectivity index (χ0v) is 8.12. The Balaban J connectivity index is 2.52. The molecule has 0 saturated carbocycles. The molecule has 0 aromatic rings. The molecule has 1 heterocycles. The van der Waals surface area contributed by atoms with E-state index in [4.69, 9.17) is 12.2 Å². The molecule has 0 aromatic carbocycles. The van der Waals surface area contributed by atoms with Crippen LogP contribution in [0.4, 0.5) is 0 Å². The highest BCUT2D eigenvalue weighted by Gasteiger charge is 2.22. The number of amides is 1. The van der Waals surface area contributed by atoms with Gasteiger partial charge in [-0.15, -0.1) is 0 Å². The lowest BCUT2D eigenvalue weighted by Gasteiger charge is -2.15. The van der Waals surface area contributed by atoms with Gasteiger partial charge in [-0.3, -0.25) is 4.79 Å². The van der Waals surface area contributed by atoms with Crippen LogP contribution in [0.2, 0.25) is 0 Å². The molecule has 3 heteroatoms. The quantitative estimate of drug-likeness (QED) is 0.481. The van der Waals surface area contributed by atoms with Gasteiger partial charge in [0, 0.05) is 19.4 Å². The van der Waals surface area contributed by atoms with Gasteiger partial charge in [-0.05, 0) is 13.3 Å². The molecule has 0 spiro atoms. The van der Waals surface area contributed by atoms with Crippen molar-refractivity contribution < 1.29 is 4.79 Å². The Labute approximate surface area is 78.2 Å². The molecule has 1 saturated heterocycles. The molecule has 0 aromatic heterocycles. The first-order valence-corrected chi connectivity index (χ1v) is 4.49. The maximum atomic E-state index is 11.4. The van der Waals surface area contributed by atoms with Crippen molar-refractivity contribution in [2.24, 2.45) is 0 Å². The van der Waals surface area contributed by atoms with E-state index in [0.29, 0.717) is 6.42 Å². The molecule has 2 nitrogen and oxygen atoms in total. The second kappa shape index (κ2) is 3.81. The molecule has 1 fully saturated rings. The molecule has 1 aliphatic rings. The van der Waals surface area contributed by atoms with E-state index in [1.165, 1.54) is 0 Å². The van der Waals surface area contributed by atoms with Crippen LogP contribution < -0.4 is 0 Å². The third-order valence-corrected chi connectivity index (χ3v) is 2.25. The fourth-order valence-electron chi connectivity index (χ4n) is 1.27. The summed E-state index contributed by atoms with van der Waals surface area (Å²) in [6, 6.07) is 0. The minimum atomic E-state index is 0.102. The van der Waals surface area contributed by atoms with Crippen molar-refractivity contribution in [3.05, 3.63) is 12.2 Å². The lowest BCUT2D eigenvalue weighted by molar-refractivity contribution is -0.126. The number of hydrogen-bond acceptors (Lipinski definition) is 2. The van der Waals surface area contributed by atoms with Gasteiger partial charge in [-0.2, -0.15) is 0 Å². The predicted molar refractivity (Wildman–Crippen MR) is 53.0 cm³/mol. The fourth-order valence-corrected chi connectivity index (χ4v) is 1.60. The lowest BCUT2D eigenvalue weighted by Crippen LogP contribution is -2.30. The number of thiocarbonyl (C=S) groups is 1. The molecule has 1 rings (SSSR count). The molecular weight excluding hydrogens is 170 g/mol. The summed E-state index contributed by atoms with van der Waals surface area (Å²) < 4.78 is 0. The Hall–Kier alpha value is -0.700. The van der Waals surface area contributed by atoms with E-state index in [-0.39, 0.29) is 5.91 Å². The third-order valence-electron chi connectivity index (χ3n) is 1.83. The average Bonchev–Trinajstić information content (AvgIpc) is 2.33. The van der Waals surface area contributed by atoms with Crippen molar-refractivity contribution in [2.75, 3.05) is 6.54 Å². The molecule has 0 atom stereocenters. The minimum Gasteiger partial charge on any atom is -0.306 e. The number of carbonyl (C=O) groups excluding carboxylic acids is 1. The van der Waals surface area contributed by atoms with Gasteiger partial charge in [0.25, 0.3) is 0 Å². The van der Waals surface area contributed by atoms with Crippen molar-refractivity contribution >= 4 is 23.1 Å². The van der Waals surface area contributed by atoms with Gasteiger partial charge in [0.05, 0.1) is 4.99 Å². The number of likely N-dealkylation sites (tertiary alicyclic amines) is 1. The molecular formula is C9H13NOS. The van der Waals surface area contributed by atoms with Crippen LogP contribution in [-0.2, 0) is 4.79 Å². The van der Waals surface area contributed by atoms with Crippen LogP contribution in [0, 0.1) is 0 Å². The highest BCUT2D eigenvalue weighted by atomic mass is 32.1. The molecule has 12 heavy (non-hydrogen) atoms. The summed E-state index contributed by atoms with van der Waals surface area (Å²) in [7, 11) is 0. The lowest BCUT2D eigenvalue weighted by atomic mass is 10.2. The highest BCUT2D eigenvalue weighted by molar-refractivity contribution is 7.80. The third kappa shape index (κ3) is 2.14. The first-order chi connectivity index (χ1) is 5.61. The Morgan fingerprint density at radius 3 is 2.83 bits per heavy atom. The van der Waals surface area contributed by atoms with Crippen molar-refractivity contribution in [2.45, 2.75) is 26.2 Å². The van der Waals surface area contributed by atoms with Gasteiger partial charge in [-0.1, -0.05) is 24.4 Å². The van der Waals surface area contributed by atoms with Crippen LogP contribution >= 0.6 is 12.2 Å². The predicted octanol–water partition coefficient (Wildman–Crippen LogP) is 1.90. The zero-order valence-electron chi connectivity index (χ0n) is 7.30. The smallest absolute Gasteiger partial charge is 0.231 e. The van der Waals surface area contributed by atoms with E-state index in [1.54, 1.807) is 4.90 Å². The Morgan fingerprint density at radius 1 is 1.75 bits per heavy atom. The van der Waals surface area contributed by atoms with Crippen LogP contribution in [-0.4, -0.2) is 22.3 Å². The van der Waals surface area contributed by atoms with Gasteiger partial charge < -0.3 is 4.90 Å². The van der Waals surface area contributed by atoms with Crippen LogP contribution in [0.1, 0.15) is 26.2 Å². The largest absolute Gasteiger partial charge is 0.306 e. The van der Waals surface area contributed by atoms with Crippen LogP contribution in [0.3, 0.4) is 0 Å². The highest BCUT2D eigenvalue weighted by Crippen LogP contribution is 2.14. The number of hydrogen-bond donors (Lipinski definition) is 0. The van der Waals surface area contributed by atoms with Crippen LogP contribution in [0.5, 0.6) is 0 Å². The maximum absolute atomic E-state index is 11.4. The molecule has 1 amide bonds. The summed E-state index contributed by atoms with van der Waals surface area (Å²) in [6.45, 7) is 6.36. The second-order valence-corrected chi connectivity index (χ2v) is 3.65. The van der Waals surface area contributed by atoms with Crippen LogP contribution in [0.15, 0.2) is 12.2 Å². The molecule has 0 aliphatic carbocycles. The van der Waals surface area contributed by atoms with Gasteiger partial charge in [0.15, 0.2) is 0 Å². The van der Waals surface area contributed by atoms with Crippen molar-refractivity contribution in [1.29, 1.82) is 0 Å². The van der Waals surface area contributed by atoms with E-state index in [0.717, 1.165) is 29.9 Å². The fraction of sp³-hybridized carbons (Fsp3) is 0.556. The summed E-state index contributed by atoms with van der Waals surface area (Å²) in [5.41, 5.74) is 0.898. The zero-order chi connectivity index (χ0) is 9.14. The average molecular weight is 183 g/mol. The van der Waals surface area contributed by atoms with Crippen LogP contribution in [0.25, 0.3) is 0 Å². The monoisotopic (exact) mass is 183 g/mol. The topological polar surface area (TPSA) is 20.3 Å². The van der Waals surface area contributed by atoms with Gasteiger partial charge in [-0.25, -0.2) is 0 Å². The number of rotatable bonds is 2. The summed E-state index contributed by atoms with van der Waals surface area (Å²) in [5.74, 6) is 0.102. The Kier molecular flexibility index (Phi) is 2.98. The summed E-state index contributed by atoms with van der Waals surface area (Å²) in [5, 5.41) is 0. The summed E-state index contributed by atoms with van der Waals surface area (Å²) >= 11 is 5.04. The van der Waals surface area contributed by atoms with Crippen molar-refractivity contribution in [3.63, 3.8) is 0 Å².